The summed E-state index contributed by atoms with van der Waals surface area (Å²) in [4.78, 5) is 30.2. The first-order valence-corrected chi connectivity index (χ1v) is 9.10. The summed E-state index contributed by atoms with van der Waals surface area (Å²) >= 11 is 0. The summed E-state index contributed by atoms with van der Waals surface area (Å²) in [6.45, 7) is 2.73. The van der Waals surface area contributed by atoms with Crippen molar-refractivity contribution in [3.63, 3.8) is 0 Å². The second-order valence-electron chi connectivity index (χ2n) is 6.29. The van der Waals surface area contributed by atoms with Gasteiger partial charge in [0, 0.05) is 12.1 Å². The highest BCUT2D eigenvalue weighted by molar-refractivity contribution is 5.94. The molecule has 0 radical (unpaired) electrons. The van der Waals surface area contributed by atoms with Gasteiger partial charge in [0.05, 0.1) is 13.7 Å². The summed E-state index contributed by atoms with van der Waals surface area (Å²) in [6.07, 6.45) is 2.03. The Morgan fingerprint density at radius 3 is 2.36 bits per heavy atom. The van der Waals surface area contributed by atoms with Crippen molar-refractivity contribution in [1.82, 2.24) is 9.88 Å². The molecular formula is C22H22N2O4. The number of hydrogen-bond donors (Lipinski definition) is 0. The highest BCUT2D eigenvalue weighted by atomic mass is 16.5. The zero-order chi connectivity index (χ0) is 19.9. The van der Waals surface area contributed by atoms with E-state index in [0.29, 0.717) is 18.0 Å². The second-order valence-corrected chi connectivity index (χ2v) is 6.29. The van der Waals surface area contributed by atoms with Crippen LogP contribution in [0.4, 0.5) is 0 Å². The van der Waals surface area contributed by atoms with E-state index in [2.05, 4.69) is 9.72 Å². The third kappa shape index (κ3) is 4.46. The van der Waals surface area contributed by atoms with E-state index in [1.54, 1.807) is 4.90 Å². The van der Waals surface area contributed by atoms with Gasteiger partial charge in [0.15, 0.2) is 5.69 Å². The maximum Gasteiger partial charge on any atom is 0.360 e. The number of ether oxygens (including phenoxy) is 1. The molecule has 28 heavy (non-hydrogen) atoms. The first kappa shape index (κ1) is 19.4. The fourth-order valence-corrected chi connectivity index (χ4v) is 2.89. The molecule has 0 aliphatic carbocycles. The van der Waals surface area contributed by atoms with Crippen molar-refractivity contribution in [2.75, 3.05) is 13.7 Å². The number of aromatic nitrogens is 1. The second kappa shape index (κ2) is 8.99. The first-order valence-electron chi connectivity index (χ1n) is 9.10. The number of oxazole rings is 1. The number of methoxy groups -OCH3 is 1. The molecule has 1 amide bonds. The molecule has 0 saturated heterocycles. The van der Waals surface area contributed by atoms with E-state index in [0.717, 1.165) is 17.5 Å². The molecule has 0 unspecified atom stereocenters. The van der Waals surface area contributed by atoms with Crippen LogP contribution in [-0.4, -0.2) is 35.4 Å². The molecule has 1 aromatic heterocycles. The SMILES string of the molecule is CCCN(Cc1nc(C(=O)OC)co1)C(=O)c1ccc(-c2ccccc2)cc1. The maximum atomic E-state index is 12.9. The van der Waals surface area contributed by atoms with Crippen LogP contribution < -0.4 is 0 Å². The monoisotopic (exact) mass is 378 g/mol. The average Bonchev–Trinajstić information content (AvgIpc) is 3.22. The molecule has 0 bridgehead atoms. The molecule has 6 heteroatoms. The number of esters is 1. The molecule has 1 heterocycles. The lowest BCUT2D eigenvalue weighted by molar-refractivity contribution is 0.0594. The third-order valence-corrected chi connectivity index (χ3v) is 4.29. The first-order chi connectivity index (χ1) is 13.6. The lowest BCUT2D eigenvalue weighted by Gasteiger charge is -2.20. The van der Waals surface area contributed by atoms with Gasteiger partial charge in [-0.15, -0.1) is 0 Å². The summed E-state index contributed by atoms with van der Waals surface area (Å²) in [5, 5.41) is 0. The Kier molecular flexibility index (Phi) is 6.22. The molecular weight excluding hydrogens is 356 g/mol. The topological polar surface area (TPSA) is 72.6 Å². The Bertz CT molecular complexity index is 933. The van der Waals surface area contributed by atoms with Crippen molar-refractivity contribution in [2.24, 2.45) is 0 Å². The molecule has 0 spiro atoms. The molecule has 0 fully saturated rings. The molecule has 0 saturated carbocycles. The van der Waals surface area contributed by atoms with Crippen molar-refractivity contribution in [3.05, 3.63) is 78.0 Å². The Labute approximate surface area is 163 Å². The molecule has 3 rings (SSSR count). The van der Waals surface area contributed by atoms with E-state index in [1.165, 1.54) is 13.4 Å². The van der Waals surface area contributed by atoms with Gasteiger partial charge in [-0.25, -0.2) is 9.78 Å². The van der Waals surface area contributed by atoms with Gasteiger partial charge in [-0.05, 0) is 29.7 Å². The van der Waals surface area contributed by atoms with Gasteiger partial charge in [-0.3, -0.25) is 4.79 Å². The van der Waals surface area contributed by atoms with Gasteiger partial charge in [-0.1, -0.05) is 49.4 Å². The van der Waals surface area contributed by atoms with Crippen LogP contribution in [0.2, 0.25) is 0 Å². The summed E-state index contributed by atoms with van der Waals surface area (Å²) in [7, 11) is 1.28. The summed E-state index contributed by atoms with van der Waals surface area (Å²) in [5.74, 6) is -0.387. The fraction of sp³-hybridized carbons (Fsp3) is 0.227. The highest BCUT2D eigenvalue weighted by Gasteiger charge is 2.19. The number of amides is 1. The number of carbonyl (C=O) groups excluding carboxylic acids is 2. The van der Waals surface area contributed by atoms with Crippen LogP contribution in [0.5, 0.6) is 0 Å². The molecule has 2 aromatic carbocycles. The lowest BCUT2D eigenvalue weighted by atomic mass is 10.0. The minimum atomic E-state index is -0.570. The van der Waals surface area contributed by atoms with Crippen molar-refractivity contribution in [1.29, 1.82) is 0 Å². The number of carbonyl (C=O) groups is 2. The maximum absolute atomic E-state index is 12.9. The van der Waals surface area contributed by atoms with Crippen molar-refractivity contribution < 1.29 is 18.7 Å². The molecule has 0 atom stereocenters. The normalized spacial score (nSPS) is 10.5. The molecule has 0 N–H and O–H groups in total. The molecule has 0 aliphatic rings. The smallest absolute Gasteiger partial charge is 0.360 e. The Hall–Kier alpha value is -3.41. The van der Waals surface area contributed by atoms with E-state index in [1.807, 2.05) is 61.5 Å². The van der Waals surface area contributed by atoms with Crippen LogP contribution in [-0.2, 0) is 11.3 Å². The van der Waals surface area contributed by atoms with Crippen molar-refractivity contribution in [3.8, 4) is 11.1 Å². The van der Waals surface area contributed by atoms with Gasteiger partial charge in [0.2, 0.25) is 5.89 Å². The van der Waals surface area contributed by atoms with Gasteiger partial charge >= 0.3 is 5.97 Å². The van der Waals surface area contributed by atoms with Crippen molar-refractivity contribution >= 4 is 11.9 Å². The standard InChI is InChI=1S/C22H22N2O4/c1-3-13-24(14-20-23-19(15-28-20)22(26)27-2)21(25)18-11-9-17(10-12-18)16-7-5-4-6-8-16/h4-12,15H,3,13-14H2,1-2H3. The molecule has 3 aromatic rings. The van der Waals surface area contributed by atoms with E-state index >= 15 is 0 Å². The predicted molar refractivity (Wildman–Crippen MR) is 105 cm³/mol. The Balaban J connectivity index is 1.75. The molecule has 0 aliphatic heterocycles. The van der Waals surface area contributed by atoms with Gasteiger partial charge in [-0.2, -0.15) is 0 Å². The number of rotatable bonds is 7. The van der Waals surface area contributed by atoms with E-state index in [4.69, 9.17) is 4.42 Å². The van der Waals surface area contributed by atoms with Crippen molar-refractivity contribution in [2.45, 2.75) is 19.9 Å². The third-order valence-electron chi connectivity index (χ3n) is 4.29. The van der Waals surface area contributed by atoms with Crippen LogP contribution in [0.15, 0.2) is 65.3 Å². The van der Waals surface area contributed by atoms with Gasteiger partial charge < -0.3 is 14.1 Å². The summed E-state index contributed by atoms with van der Waals surface area (Å²) in [5.41, 5.74) is 2.83. The largest absolute Gasteiger partial charge is 0.464 e. The van der Waals surface area contributed by atoms with E-state index < -0.39 is 5.97 Å². The van der Waals surface area contributed by atoms with Crippen LogP contribution in [0.3, 0.4) is 0 Å². The minimum absolute atomic E-state index is 0.0913. The fourth-order valence-electron chi connectivity index (χ4n) is 2.89. The highest BCUT2D eigenvalue weighted by Crippen LogP contribution is 2.20. The zero-order valence-electron chi connectivity index (χ0n) is 15.9. The van der Waals surface area contributed by atoms with E-state index in [-0.39, 0.29) is 18.1 Å². The van der Waals surface area contributed by atoms with Gasteiger partial charge in [0.25, 0.3) is 5.91 Å². The Morgan fingerprint density at radius 2 is 1.71 bits per heavy atom. The molecule has 144 valence electrons. The number of hydrogen-bond acceptors (Lipinski definition) is 5. The van der Waals surface area contributed by atoms with Gasteiger partial charge in [0.1, 0.15) is 6.26 Å². The quantitative estimate of drug-likeness (QED) is 0.577. The lowest BCUT2D eigenvalue weighted by Crippen LogP contribution is -2.31. The Morgan fingerprint density at radius 1 is 1.04 bits per heavy atom. The van der Waals surface area contributed by atoms with Crippen LogP contribution in [0.1, 0.15) is 40.1 Å². The number of nitrogens with zero attached hydrogens (tertiary/aromatic N) is 2. The summed E-state index contributed by atoms with van der Waals surface area (Å²) in [6, 6.07) is 17.5. The van der Waals surface area contributed by atoms with E-state index in [9.17, 15) is 9.59 Å². The number of benzene rings is 2. The molecule has 6 nitrogen and oxygen atoms in total. The zero-order valence-corrected chi connectivity index (χ0v) is 15.9. The van der Waals surface area contributed by atoms with Crippen LogP contribution >= 0.6 is 0 Å². The van der Waals surface area contributed by atoms with Crippen LogP contribution in [0.25, 0.3) is 11.1 Å². The predicted octanol–water partition coefficient (Wildman–Crippen LogP) is 4.18. The van der Waals surface area contributed by atoms with Crippen LogP contribution in [0, 0.1) is 0 Å². The summed E-state index contributed by atoms with van der Waals surface area (Å²) < 4.78 is 9.95. The minimum Gasteiger partial charge on any atom is -0.464 e. The average molecular weight is 378 g/mol.